The molecule has 5 nitrogen and oxygen atoms in total. The van der Waals surface area contributed by atoms with E-state index in [-0.39, 0.29) is 12.0 Å². The number of hydrogen-bond acceptors (Lipinski definition) is 4. The quantitative estimate of drug-likeness (QED) is 0.545. The topological polar surface area (TPSA) is 50.8 Å². The number of nitrogens with zero attached hydrogens (tertiary/aromatic N) is 1. The summed E-state index contributed by atoms with van der Waals surface area (Å²) in [6.45, 7) is 3.98. The van der Waals surface area contributed by atoms with Crippen LogP contribution in [0.25, 0.3) is 0 Å². The van der Waals surface area contributed by atoms with Crippen molar-refractivity contribution in [2.45, 2.75) is 38.0 Å². The zero-order chi connectivity index (χ0) is 22.7. The van der Waals surface area contributed by atoms with Gasteiger partial charge in [-0.25, -0.2) is 0 Å². The summed E-state index contributed by atoms with van der Waals surface area (Å²) in [4.78, 5) is 15.5. The molecular formula is C28H30N2O3. The summed E-state index contributed by atoms with van der Waals surface area (Å²) in [5, 5.41) is 3.65. The fraction of sp³-hybridized carbons (Fsp3) is 0.321. The van der Waals surface area contributed by atoms with Gasteiger partial charge in [0.15, 0.2) is 0 Å². The van der Waals surface area contributed by atoms with Crippen LogP contribution in [-0.4, -0.2) is 36.7 Å². The molecule has 5 heteroatoms. The maximum Gasteiger partial charge on any atom is 0.258 e. The number of fused-ring (bicyclic) bond motifs is 1. The second kappa shape index (κ2) is 9.28. The van der Waals surface area contributed by atoms with E-state index in [0.29, 0.717) is 18.7 Å². The molecule has 2 atom stereocenters. The average molecular weight is 443 g/mol. The second-order valence-corrected chi connectivity index (χ2v) is 8.91. The minimum Gasteiger partial charge on any atom is -0.493 e. The first-order valence-corrected chi connectivity index (χ1v) is 11.7. The molecule has 0 saturated carbocycles. The highest BCUT2D eigenvalue weighted by Crippen LogP contribution is 2.39. The van der Waals surface area contributed by atoms with Crippen molar-refractivity contribution in [1.82, 2.24) is 4.90 Å². The van der Waals surface area contributed by atoms with Gasteiger partial charge in [0.2, 0.25) is 0 Å². The lowest BCUT2D eigenvalue weighted by atomic mass is 9.92. The summed E-state index contributed by atoms with van der Waals surface area (Å²) >= 11 is 0. The van der Waals surface area contributed by atoms with Crippen LogP contribution in [0.5, 0.6) is 5.75 Å². The van der Waals surface area contributed by atoms with Gasteiger partial charge in [0.25, 0.3) is 5.91 Å². The van der Waals surface area contributed by atoms with Gasteiger partial charge in [-0.15, -0.1) is 0 Å². The number of amides is 1. The minimum atomic E-state index is -0.712. The third kappa shape index (κ3) is 4.46. The SMILES string of the molecule is CC1(c2cccc(OCCc3ccccc3)c2)Nc2ccccc2C(=O)N1CC1CCCO1. The Bertz CT molecular complexity index is 1110. The molecule has 33 heavy (non-hydrogen) atoms. The van der Waals surface area contributed by atoms with Crippen molar-refractivity contribution in [3.63, 3.8) is 0 Å². The summed E-state index contributed by atoms with van der Waals surface area (Å²) in [5.41, 5.74) is 3.07. The zero-order valence-electron chi connectivity index (χ0n) is 19.0. The summed E-state index contributed by atoms with van der Waals surface area (Å²) in [6, 6.07) is 26.1. The van der Waals surface area contributed by atoms with E-state index in [9.17, 15) is 4.79 Å². The van der Waals surface area contributed by atoms with Gasteiger partial charge in [-0.1, -0.05) is 54.6 Å². The number of nitrogens with one attached hydrogen (secondary N) is 1. The smallest absolute Gasteiger partial charge is 0.258 e. The highest BCUT2D eigenvalue weighted by molar-refractivity contribution is 6.02. The van der Waals surface area contributed by atoms with Crippen molar-refractivity contribution < 1.29 is 14.3 Å². The number of benzene rings is 3. The van der Waals surface area contributed by atoms with Gasteiger partial charge in [0.05, 0.1) is 18.3 Å². The maximum absolute atomic E-state index is 13.6. The Morgan fingerprint density at radius 2 is 1.88 bits per heavy atom. The first-order valence-electron chi connectivity index (χ1n) is 11.7. The van der Waals surface area contributed by atoms with Gasteiger partial charge in [-0.3, -0.25) is 4.79 Å². The van der Waals surface area contributed by atoms with E-state index in [4.69, 9.17) is 9.47 Å². The third-order valence-corrected chi connectivity index (χ3v) is 6.63. The van der Waals surface area contributed by atoms with Crippen LogP contribution in [-0.2, 0) is 16.8 Å². The fourth-order valence-corrected chi connectivity index (χ4v) is 4.76. The highest BCUT2D eigenvalue weighted by Gasteiger charge is 2.43. The molecule has 1 amide bonds. The monoisotopic (exact) mass is 442 g/mol. The summed E-state index contributed by atoms with van der Waals surface area (Å²) in [5.74, 6) is 0.826. The molecule has 2 aliphatic rings. The molecule has 0 spiro atoms. The number of anilines is 1. The largest absolute Gasteiger partial charge is 0.493 e. The Hall–Kier alpha value is -3.31. The van der Waals surface area contributed by atoms with Gasteiger partial charge >= 0.3 is 0 Å². The van der Waals surface area contributed by atoms with Crippen molar-refractivity contribution in [3.05, 3.63) is 95.6 Å². The number of carbonyl (C=O) groups is 1. The van der Waals surface area contributed by atoms with E-state index < -0.39 is 5.66 Å². The Kier molecular flexibility index (Phi) is 6.05. The number of carbonyl (C=O) groups excluding carboxylic acids is 1. The van der Waals surface area contributed by atoms with Crippen LogP contribution >= 0.6 is 0 Å². The zero-order valence-corrected chi connectivity index (χ0v) is 19.0. The second-order valence-electron chi connectivity index (χ2n) is 8.91. The van der Waals surface area contributed by atoms with Crippen LogP contribution in [0.1, 0.15) is 41.3 Å². The van der Waals surface area contributed by atoms with Crippen molar-refractivity contribution in [2.75, 3.05) is 25.1 Å². The predicted molar refractivity (Wildman–Crippen MR) is 130 cm³/mol. The van der Waals surface area contributed by atoms with E-state index in [2.05, 4.69) is 30.4 Å². The first kappa shape index (κ1) is 21.5. The van der Waals surface area contributed by atoms with Crippen LogP contribution < -0.4 is 10.1 Å². The lowest BCUT2D eigenvalue weighted by molar-refractivity contribution is 0.0242. The number of ether oxygens (including phenoxy) is 2. The molecule has 0 bridgehead atoms. The third-order valence-electron chi connectivity index (χ3n) is 6.63. The van der Waals surface area contributed by atoms with E-state index in [1.807, 2.05) is 65.6 Å². The molecule has 0 aromatic heterocycles. The Morgan fingerprint density at radius 3 is 2.70 bits per heavy atom. The molecule has 1 fully saturated rings. The van der Waals surface area contributed by atoms with Crippen LogP contribution in [0.2, 0.25) is 0 Å². The maximum atomic E-state index is 13.6. The average Bonchev–Trinajstić information content (AvgIpc) is 3.36. The number of hydrogen-bond donors (Lipinski definition) is 1. The molecule has 0 aliphatic carbocycles. The molecule has 0 radical (unpaired) electrons. The van der Waals surface area contributed by atoms with Crippen molar-refractivity contribution in [3.8, 4) is 5.75 Å². The molecule has 1 saturated heterocycles. The van der Waals surface area contributed by atoms with E-state index in [0.717, 1.165) is 42.9 Å². The molecule has 2 aliphatic heterocycles. The van der Waals surface area contributed by atoms with Crippen LogP contribution in [0.3, 0.4) is 0 Å². The summed E-state index contributed by atoms with van der Waals surface area (Å²) in [7, 11) is 0. The number of para-hydroxylation sites is 1. The Morgan fingerprint density at radius 1 is 1.06 bits per heavy atom. The Labute approximate surface area is 195 Å². The van der Waals surface area contributed by atoms with Crippen molar-refractivity contribution in [2.24, 2.45) is 0 Å². The van der Waals surface area contributed by atoms with E-state index in [1.165, 1.54) is 5.56 Å². The standard InChI is InChI=1S/C28H30N2O3/c1-28(22-11-7-12-23(19-22)33-18-16-21-9-3-2-4-10-21)29-26-15-6-5-14-25(26)27(31)30(28)20-24-13-8-17-32-24/h2-7,9-12,14-15,19,24,29H,8,13,16-18,20H2,1H3. The van der Waals surface area contributed by atoms with Gasteiger partial charge in [0, 0.05) is 30.8 Å². The summed E-state index contributed by atoms with van der Waals surface area (Å²) in [6.07, 6.45) is 2.92. The van der Waals surface area contributed by atoms with Crippen molar-refractivity contribution >= 4 is 11.6 Å². The number of rotatable bonds is 7. The van der Waals surface area contributed by atoms with E-state index >= 15 is 0 Å². The normalized spacial score (nSPS) is 22.0. The molecule has 5 rings (SSSR count). The summed E-state index contributed by atoms with van der Waals surface area (Å²) < 4.78 is 12.0. The lowest BCUT2D eigenvalue weighted by Crippen LogP contribution is -2.57. The molecule has 2 unspecified atom stereocenters. The van der Waals surface area contributed by atoms with E-state index in [1.54, 1.807) is 0 Å². The van der Waals surface area contributed by atoms with Crippen LogP contribution in [0, 0.1) is 0 Å². The van der Waals surface area contributed by atoms with Crippen LogP contribution in [0.15, 0.2) is 78.9 Å². The molecular weight excluding hydrogens is 412 g/mol. The first-order chi connectivity index (χ1) is 16.1. The van der Waals surface area contributed by atoms with Gasteiger partial charge in [0.1, 0.15) is 11.4 Å². The van der Waals surface area contributed by atoms with Gasteiger partial charge in [-0.2, -0.15) is 0 Å². The molecule has 3 aromatic rings. The minimum absolute atomic E-state index is 0.0257. The highest BCUT2D eigenvalue weighted by atomic mass is 16.5. The Balaban J connectivity index is 1.41. The van der Waals surface area contributed by atoms with Crippen LogP contribution in [0.4, 0.5) is 5.69 Å². The molecule has 3 aromatic carbocycles. The predicted octanol–water partition coefficient (Wildman–Crippen LogP) is 5.23. The lowest BCUT2D eigenvalue weighted by Gasteiger charge is -2.47. The van der Waals surface area contributed by atoms with Crippen molar-refractivity contribution in [1.29, 1.82) is 0 Å². The molecule has 170 valence electrons. The van der Waals surface area contributed by atoms with Gasteiger partial charge < -0.3 is 19.7 Å². The molecule has 1 N–H and O–H groups in total. The molecule has 2 heterocycles. The fourth-order valence-electron chi connectivity index (χ4n) is 4.76. The van der Waals surface area contributed by atoms with Gasteiger partial charge in [-0.05, 0) is 49.6 Å².